The smallest absolute Gasteiger partial charge is 0.240 e. The van der Waals surface area contributed by atoms with E-state index >= 15 is 0 Å². The second kappa shape index (κ2) is 7.41. The summed E-state index contributed by atoms with van der Waals surface area (Å²) < 4.78 is 26.9. The SMILES string of the molecule is CNCCNS(=O)(=O)c1ccc2c(c1)CC(C)N2C(C)=O.Cl. The zero-order chi connectivity index (χ0) is 15.6. The Morgan fingerprint density at radius 3 is 2.64 bits per heavy atom. The number of carbonyl (C=O) groups excluding carboxylic acids is 1. The summed E-state index contributed by atoms with van der Waals surface area (Å²) in [6.07, 6.45) is 0.675. The standard InChI is InChI=1S/C14H21N3O3S.ClH/c1-10-8-12-9-13(21(19,20)16-7-6-15-3)4-5-14(12)17(10)11(2)18;/h4-5,9-10,15-16H,6-8H2,1-3H3;1H. The van der Waals surface area contributed by atoms with Crippen molar-refractivity contribution in [1.82, 2.24) is 10.0 Å². The number of likely N-dealkylation sites (N-methyl/N-ethyl adjacent to an activating group) is 1. The van der Waals surface area contributed by atoms with Gasteiger partial charge in [-0.15, -0.1) is 12.4 Å². The van der Waals surface area contributed by atoms with E-state index in [9.17, 15) is 13.2 Å². The molecule has 124 valence electrons. The van der Waals surface area contributed by atoms with Crippen molar-refractivity contribution in [2.45, 2.75) is 31.2 Å². The zero-order valence-corrected chi connectivity index (χ0v) is 14.6. The number of nitrogens with zero attached hydrogens (tertiary/aromatic N) is 1. The monoisotopic (exact) mass is 347 g/mol. The summed E-state index contributed by atoms with van der Waals surface area (Å²) in [4.78, 5) is 13.6. The summed E-state index contributed by atoms with van der Waals surface area (Å²) >= 11 is 0. The maximum Gasteiger partial charge on any atom is 0.240 e. The van der Waals surface area contributed by atoms with Gasteiger partial charge in [-0.2, -0.15) is 0 Å². The molecular formula is C14H22ClN3O3S. The molecule has 22 heavy (non-hydrogen) atoms. The molecule has 0 fully saturated rings. The van der Waals surface area contributed by atoms with Crippen molar-refractivity contribution < 1.29 is 13.2 Å². The third-order valence-corrected chi connectivity index (χ3v) is 5.04. The number of carbonyl (C=O) groups is 1. The minimum absolute atomic E-state index is 0. The van der Waals surface area contributed by atoms with Gasteiger partial charge < -0.3 is 10.2 Å². The predicted octanol–water partition coefficient (Wildman–Crippen LogP) is 0.904. The summed E-state index contributed by atoms with van der Waals surface area (Å²) in [5, 5.41) is 2.89. The van der Waals surface area contributed by atoms with Crippen LogP contribution in [-0.4, -0.2) is 40.5 Å². The van der Waals surface area contributed by atoms with Gasteiger partial charge in [-0.1, -0.05) is 0 Å². The Hall–Kier alpha value is -1.15. The fraction of sp³-hybridized carbons (Fsp3) is 0.500. The molecule has 0 spiro atoms. The van der Waals surface area contributed by atoms with Crippen LogP contribution in [0.15, 0.2) is 23.1 Å². The minimum atomic E-state index is -3.50. The number of sulfonamides is 1. The molecule has 8 heteroatoms. The largest absolute Gasteiger partial charge is 0.318 e. The second-order valence-electron chi connectivity index (χ2n) is 5.23. The molecule has 0 saturated heterocycles. The van der Waals surface area contributed by atoms with Crippen molar-refractivity contribution in [3.8, 4) is 0 Å². The van der Waals surface area contributed by atoms with Crippen LogP contribution in [0.2, 0.25) is 0 Å². The van der Waals surface area contributed by atoms with E-state index in [1.54, 1.807) is 30.1 Å². The molecule has 0 bridgehead atoms. The fourth-order valence-corrected chi connectivity index (χ4v) is 3.73. The number of fused-ring (bicyclic) bond motifs is 1. The van der Waals surface area contributed by atoms with Gasteiger partial charge in [0.2, 0.25) is 15.9 Å². The molecule has 1 aliphatic rings. The summed E-state index contributed by atoms with van der Waals surface area (Å²) in [6, 6.07) is 4.99. The maximum absolute atomic E-state index is 12.2. The van der Waals surface area contributed by atoms with Crippen LogP contribution in [0.5, 0.6) is 0 Å². The van der Waals surface area contributed by atoms with Crippen molar-refractivity contribution in [2.24, 2.45) is 0 Å². The Balaban J connectivity index is 0.00000242. The number of hydrogen-bond donors (Lipinski definition) is 2. The number of benzene rings is 1. The lowest BCUT2D eigenvalue weighted by atomic mass is 10.1. The van der Waals surface area contributed by atoms with Gasteiger partial charge in [-0.25, -0.2) is 13.1 Å². The molecule has 1 aromatic carbocycles. The normalized spacial score (nSPS) is 17.0. The Morgan fingerprint density at radius 1 is 1.36 bits per heavy atom. The lowest BCUT2D eigenvalue weighted by molar-refractivity contribution is -0.116. The predicted molar refractivity (Wildman–Crippen MR) is 89.1 cm³/mol. The molecule has 1 aliphatic heterocycles. The highest BCUT2D eigenvalue weighted by Crippen LogP contribution is 2.33. The van der Waals surface area contributed by atoms with E-state index < -0.39 is 10.0 Å². The highest BCUT2D eigenvalue weighted by atomic mass is 35.5. The van der Waals surface area contributed by atoms with E-state index in [0.29, 0.717) is 19.5 Å². The van der Waals surface area contributed by atoms with Gasteiger partial charge in [0.25, 0.3) is 0 Å². The van der Waals surface area contributed by atoms with E-state index in [0.717, 1.165) is 11.3 Å². The van der Waals surface area contributed by atoms with Crippen molar-refractivity contribution in [1.29, 1.82) is 0 Å². The van der Waals surface area contributed by atoms with Gasteiger partial charge in [0.05, 0.1) is 4.90 Å². The Kier molecular flexibility index (Phi) is 6.37. The van der Waals surface area contributed by atoms with Crippen LogP contribution in [-0.2, 0) is 21.2 Å². The number of anilines is 1. The molecule has 0 aliphatic carbocycles. The Bertz CT molecular complexity index is 649. The summed E-state index contributed by atoms with van der Waals surface area (Å²) in [5.74, 6) is -0.0241. The quantitative estimate of drug-likeness (QED) is 0.776. The lowest BCUT2D eigenvalue weighted by Crippen LogP contribution is -2.33. The van der Waals surface area contributed by atoms with E-state index in [1.165, 1.54) is 6.92 Å². The fourth-order valence-electron chi connectivity index (χ4n) is 2.65. The number of rotatable bonds is 5. The summed E-state index contributed by atoms with van der Waals surface area (Å²) in [6.45, 7) is 4.39. The molecule has 6 nitrogen and oxygen atoms in total. The van der Waals surface area contributed by atoms with Gasteiger partial charge in [-0.05, 0) is 44.2 Å². The van der Waals surface area contributed by atoms with Crippen LogP contribution in [0.3, 0.4) is 0 Å². The van der Waals surface area contributed by atoms with Crippen molar-refractivity contribution >= 4 is 34.0 Å². The highest BCUT2D eigenvalue weighted by molar-refractivity contribution is 7.89. The van der Waals surface area contributed by atoms with Crippen molar-refractivity contribution in [3.63, 3.8) is 0 Å². The average molecular weight is 348 g/mol. The molecule has 1 amide bonds. The molecule has 0 aromatic heterocycles. The lowest BCUT2D eigenvalue weighted by Gasteiger charge is -2.20. The minimum Gasteiger partial charge on any atom is -0.318 e. The first-order valence-electron chi connectivity index (χ1n) is 6.94. The summed E-state index contributed by atoms with van der Waals surface area (Å²) in [7, 11) is -1.74. The van der Waals surface area contributed by atoms with Gasteiger partial charge in [-0.3, -0.25) is 4.79 Å². The molecule has 1 unspecified atom stereocenters. The number of amides is 1. The van der Waals surface area contributed by atoms with E-state index in [1.807, 2.05) is 6.92 Å². The van der Waals surface area contributed by atoms with Crippen molar-refractivity contribution in [3.05, 3.63) is 23.8 Å². The molecule has 2 N–H and O–H groups in total. The Labute approximate surface area is 137 Å². The highest BCUT2D eigenvalue weighted by Gasteiger charge is 2.30. The molecule has 2 rings (SSSR count). The van der Waals surface area contributed by atoms with E-state index in [2.05, 4.69) is 10.0 Å². The molecule has 1 atom stereocenters. The van der Waals surface area contributed by atoms with Gasteiger partial charge in [0, 0.05) is 31.7 Å². The number of halogens is 1. The second-order valence-corrected chi connectivity index (χ2v) is 7.00. The number of hydrogen-bond acceptors (Lipinski definition) is 4. The molecule has 1 aromatic rings. The number of nitrogens with one attached hydrogen (secondary N) is 2. The van der Waals surface area contributed by atoms with E-state index in [4.69, 9.17) is 0 Å². The van der Waals surface area contributed by atoms with Crippen LogP contribution in [0.4, 0.5) is 5.69 Å². The van der Waals surface area contributed by atoms with Gasteiger partial charge >= 0.3 is 0 Å². The summed E-state index contributed by atoms with van der Waals surface area (Å²) in [5.41, 5.74) is 1.71. The topological polar surface area (TPSA) is 78.5 Å². The van der Waals surface area contributed by atoms with Gasteiger partial charge in [0.1, 0.15) is 0 Å². The average Bonchev–Trinajstić information content (AvgIpc) is 2.73. The van der Waals surface area contributed by atoms with Crippen LogP contribution in [0.25, 0.3) is 0 Å². The first-order chi connectivity index (χ1) is 9.86. The molecule has 1 heterocycles. The first-order valence-corrected chi connectivity index (χ1v) is 8.42. The molecule has 0 saturated carbocycles. The molecule has 0 radical (unpaired) electrons. The van der Waals surface area contributed by atoms with Crippen molar-refractivity contribution in [2.75, 3.05) is 25.0 Å². The molecular weight excluding hydrogens is 326 g/mol. The maximum atomic E-state index is 12.2. The van der Waals surface area contributed by atoms with Crippen LogP contribution in [0, 0.1) is 0 Å². The zero-order valence-electron chi connectivity index (χ0n) is 12.9. The van der Waals surface area contributed by atoms with Gasteiger partial charge in [0.15, 0.2) is 0 Å². The third kappa shape index (κ3) is 3.78. The van der Waals surface area contributed by atoms with Crippen LogP contribution >= 0.6 is 12.4 Å². The van der Waals surface area contributed by atoms with Crippen LogP contribution in [0.1, 0.15) is 19.4 Å². The Morgan fingerprint density at radius 2 is 2.05 bits per heavy atom. The first kappa shape index (κ1) is 18.9. The third-order valence-electron chi connectivity index (χ3n) is 3.58. The van der Waals surface area contributed by atoms with E-state index in [-0.39, 0.29) is 29.3 Å². The van der Waals surface area contributed by atoms with Crippen LogP contribution < -0.4 is 14.9 Å².